The number of rotatable bonds is 7. The smallest absolute Gasteiger partial charge is 0.363 e. The van der Waals surface area contributed by atoms with Gasteiger partial charge in [0.25, 0.3) is 5.91 Å². The van der Waals surface area contributed by atoms with Crippen LogP contribution in [0.1, 0.15) is 77.6 Å². The molecule has 2 aromatic heterocycles. The van der Waals surface area contributed by atoms with Crippen LogP contribution >= 0.6 is 18.9 Å². The number of amides is 3. The Balaban J connectivity index is 1.07. The molecule has 1 aliphatic carbocycles. The Kier molecular flexibility index (Phi) is 9.66. The van der Waals surface area contributed by atoms with Crippen molar-refractivity contribution in [1.29, 1.82) is 5.26 Å². The van der Waals surface area contributed by atoms with Crippen LogP contribution in [0.25, 0.3) is 10.1 Å². The highest BCUT2D eigenvalue weighted by Gasteiger charge is 2.64. The summed E-state index contributed by atoms with van der Waals surface area (Å²) >= 11 is 1.14. The molecule has 1 spiro atoms. The third-order valence-electron chi connectivity index (χ3n) is 12.1. The van der Waals surface area contributed by atoms with Crippen LogP contribution in [0.3, 0.4) is 0 Å². The number of thiophene rings is 1. The van der Waals surface area contributed by atoms with E-state index in [1.165, 1.54) is 24.3 Å². The van der Waals surface area contributed by atoms with E-state index in [4.69, 9.17) is 4.74 Å². The van der Waals surface area contributed by atoms with Crippen LogP contribution in [-0.4, -0.2) is 110 Å². The minimum absolute atomic E-state index is 0.123. The largest absolute Gasteiger partial charge is 0.379 e. The number of likely N-dealkylation sites (tertiary alicyclic amines) is 1. The predicted octanol–water partition coefficient (Wildman–Crippen LogP) is 4.08. The summed E-state index contributed by atoms with van der Waals surface area (Å²) < 4.78 is 32.3. The van der Waals surface area contributed by atoms with Gasteiger partial charge in [-0.25, -0.2) is 4.39 Å². The van der Waals surface area contributed by atoms with Gasteiger partial charge in [0.1, 0.15) is 12.1 Å². The first-order valence-corrected chi connectivity index (χ1v) is 20.8. The van der Waals surface area contributed by atoms with E-state index in [1.54, 1.807) is 17.3 Å². The molecule has 4 saturated heterocycles. The summed E-state index contributed by atoms with van der Waals surface area (Å²) in [4.78, 5) is 72.5. The van der Waals surface area contributed by atoms with Gasteiger partial charge < -0.3 is 29.6 Å². The first-order valence-electron chi connectivity index (χ1n) is 18.3. The van der Waals surface area contributed by atoms with Gasteiger partial charge in [-0.3, -0.25) is 28.8 Å². The molecule has 4 aliphatic heterocycles. The molecule has 3 N–H and O–H groups in total. The second-order valence-corrected chi connectivity index (χ2v) is 17.7. The number of hydrogen-bond donors (Lipinski definition) is 3. The van der Waals surface area contributed by atoms with Gasteiger partial charge in [-0.1, -0.05) is 12.1 Å². The maximum atomic E-state index is 14.7. The summed E-state index contributed by atoms with van der Waals surface area (Å²) in [6.07, 6.45) is 7.82. The fraction of sp³-hybridized carbons (Fsp3) is 0.541. The Labute approximate surface area is 310 Å². The summed E-state index contributed by atoms with van der Waals surface area (Å²) in [6.45, 7) is 3.14. The molecule has 5 aliphatic rings. The lowest BCUT2D eigenvalue weighted by molar-refractivity contribution is -0.148. The average molecular weight is 765 g/mol. The molecule has 8 rings (SSSR count). The van der Waals surface area contributed by atoms with E-state index in [-0.39, 0.29) is 46.2 Å². The molecule has 53 heavy (non-hydrogen) atoms. The first kappa shape index (κ1) is 36.2. The fourth-order valence-corrected chi connectivity index (χ4v) is 10.8. The minimum Gasteiger partial charge on any atom is -0.379 e. The summed E-state index contributed by atoms with van der Waals surface area (Å²) in [7, 11) is -5.02. The van der Waals surface area contributed by atoms with Crippen LogP contribution < -0.4 is 5.32 Å². The van der Waals surface area contributed by atoms with Crippen molar-refractivity contribution in [3.63, 3.8) is 0 Å². The van der Waals surface area contributed by atoms with Gasteiger partial charge in [0.15, 0.2) is 0 Å². The molecule has 0 bridgehead atoms. The van der Waals surface area contributed by atoms with Crippen molar-refractivity contribution in [3.8, 4) is 6.07 Å². The number of nitrogens with one attached hydrogen (secondary N) is 1. The van der Waals surface area contributed by atoms with E-state index in [0.29, 0.717) is 61.9 Å². The normalized spacial score (nSPS) is 29.4. The van der Waals surface area contributed by atoms with E-state index in [2.05, 4.69) is 21.3 Å². The Morgan fingerprint density at radius 2 is 1.89 bits per heavy atom. The van der Waals surface area contributed by atoms with Crippen LogP contribution in [-0.2, 0) is 18.9 Å². The van der Waals surface area contributed by atoms with Gasteiger partial charge in [-0.2, -0.15) is 5.26 Å². The number of benzene rings is 1. The van der Waals surface area contributed by atoms with Gasteiger partial charge >= 0.3 is 7.60 Å². The highest BCUT2D eigenvalue weighted by atomic mass is 32.1. The number of halogens is 1. The summed E-state index contributed by atoms with van der Waals surface area (Å²) in [6, 6.07) is 10.3. The van der Waals surface area contributed by atoms with Gasteiger partial charge in [0.05, 0.1) is 35.6 Å². The van der Waals surface area contributed by atoms with Gasteiger partial charge in [0, 0.05) is 54.7 Å². The molecule has 7 atom stereocenters. The summed E-state index contributed by atoms with van der Waals surface area (Å²) in [5.41, 5.74) is 0.177. The van der Waals surface area contributed by atoms with Crippen molar-refractivity contribution in [2.75, 3.05) is 32.8 Å². The molecule has 0 radical (unpaired) electrons. The molecule has 1 aromatic carbocycles. The SMILES string of the molecule is N#C[C@@H]1[C@@H](c2cccnc2)CN(C(=O)[C@@H]2CC[C@@H]3C[C@@H](N4CCOCC4)CC[C@H](NC(=O)c4cc5cc([C@H](F)P(=O)(O)O)ccc5s4)C(=O)N32)C12CC2. The number of morpholine rings is 1. The van der Waals surface area contributed by atoms with Crippen LogP contribution in [0, 0.1) is 17.2 Å². The number of nitrogens with zero attached hydrogens (tertiary/aromatic N) is 5. The van der Waals surface area contributed by atoms with Crippen molar-refractivity contribution in [2.24, 2.45) is 5.92 Å². The van der Waals surface area contributed by atoms with Crippen LogP contribution in [0.5, 0.6) is 0 Å². The second kappa shape index (κ2) is 14.1. The molecular formula is C37H42FN6O7PS. The highest BCUT2D eigenvalue weighted by Crippen LogP contribution is 2.58. The minimum atomic E-state index is -5.02. The highest BCUT2D eigenvalue weighted by molar-refractivity contribution is 7.51. The zero-order valence-corrected chi connectivity index (χ0v) is 30.8. The predicted molar refractivity (Wildman–Crippen MR) is 192 cm³/mol. The van der Waals surface area contributed by atoms with E-state index in [0.717, 1.165) is 42.8 Å². The van der Waals surface area contributed by atoms with Crippen molar-refractivity contribution >= 4 is 46.7 Å². The number of ether oxygens (including phenoxy) is 1. The number of carbonyl (C=O) groups excluding carboxylic acids is 3. The Bertz CT molecular complexity index is 2000. The van der Waals surface area contributed by atoms with Crippen LogP contribution in [0.15, 0.2) is 48.8 Å². The zero-order chi connectivity index (χ0) is 37.1. The molecule has 6 heterocycles. The molecule has 280 valence electrons. The Morgan fingerprint density at radius 3 is 2.58 bits per heavy atom. The van der Waals surface area contributed by atoms with E-state index < -0.39 is 37.0 Å². The molecule has 3 aromatic rings. The summed E-state index contributed by atoms with van der Waals surface area (Å²) in [5.74, 6) is -3.97. The molecule has 1 saturated carbocycles. The Morgan fingerprint density at radius 1 is 1.11 bits per heavy atom. The second-order valence-electron chi connectivity index (χ2n) is 15.0. The number of hydrogen-bond acceptors (Lipinski definition) is 9. The number of nitriles is 1. The van der Waals surface area contributed by atoms with E-state index in [9.17, 15) is 38.4 Å². The van der Waals surface area contributed by atoms with Gasteiger partial charge in [-0.15, -0.1) is 11.3 Å². The van der Waals surface area contributed by atoms with E-state index in [1.807, 2.05) is 17.0 Å². The molecule has 5 fully saturated rings. The lowest BCUT2D eigenvalue weighted by Gasteiger charge is -2.42. The first-order chi connectivity index (χ1) is 25.5. The number of carbonyl (C=O) groups is 3. The van der Waals surface area contributed by atoms with Crippen molar-refractivity contribution in [3.05, 3.63) is 64.8 Å². The van der Waals surface area contributed by atoms with Crippen LogP contribution in [0.4, 0.5) is 4.39 Å². The fourth-order valence-electron chi connectivity index (χ4n) is 9.27. The number of aromatic nitrogens is 1. The van der Waals surface area contributed by atoms with Crippen LogP contribution in [0.2, 0.25) is 0 Å². The molecular weight excluding hydrogens is 722 g/mol. The summed E-state index contributed by atoms with van der Waals surface area (Å²) in [5, 5.41) is 13.8. The quantitative estimate of drug-likeness (QED) is 0.297. The van der Waals surface area contributed by atoms with Crippen molar-refractivity contribution in [2.45, 2.75) is 86.5 Å². The number of fused-ring (bicyclic) bond motifs is 2. The lowest BCUT2D eigenvalue weighted by Crippen LogP contribution is -2.59. The molecule has 0 unspecified atom stereocenters. The number of pyridine rings is 1. The Hall–Kier alpha value is -3.77. The van der Waals surface area contributed by atoms with Gasteiger partial charge in [-0.05, 0) is 85.7 Å². The lowest BCUT2D eigenvalue weighted by atomic mass is 9.85. The van der Waals surface area contributed by atoms with Crippen molar-refractivity contribution < 1.29 is 37.9 Å². The molecule has 16 heteroatoms. The molecule has 13 nitrogen and oxygen atoms in total. The maximum absolute atomic E-state index is 14.7. The van der Waals surface area contributed by atoms with Crippen molar-refractivity contribution in [1.82, 2.24) is 25.0 Å². The third kappa shape index (κ3) is 6.68. The van der Waals surface area contributed by atoms with Gasteiger partial charge in [0.2, 0.25) is 17.7 Å². The standard InChI is InChI=1S/C37H42FN6O7PS/c38-33(52(48,49)50)22-3-8-31-24(16-22)17-32(53-31)34(45)41-29-6-4-25(42-12-14-51-15-13-42)18-26-5-7-30(44(26)35(29)46)36(47)43-21-27(23-2-1-11-40-20-23)28(19-39)37(43)9-10-37/h1-3,8,11,16-17,20,25-30,33H,4-7,9-10,12-15,18,21H2,(H,41,45)(H2,48,49,50)/t25-,26+,27+,28+,29-,30-,33+/m0/s1. The topological polar surface area (TPSA) is 176 Å². The third-order valence-corrected chi connectivity index (χ3v) is 14.1. The number of alkyl halides is 1. The average Bonchev–Trinajstić information content (AvgIpc) is 3.49. The maximum Gasteiger partial charge on any atom is 0.363 e. The monoisotopic (exact) mass is 764 g/mol. The van der Waals surface area contributed by atoms with E-state index >= 15 is 0 Å². The zero-order valence-electron chi connectivity index (χ0n) is 29.1. The molecule has 3 amide bonds.